The summed E-state index contributed by atoms with van der Waals surface area (Å²) in [7, 11) is 1.78. The number of aryl methyl sites for hydroxylation is 1. The number of pyridine rings is 1. The molecule has 1 aromatic heterocycles. The van der Waals surface area contributed by atoms with Crippen LogP contribution in [0, 0.1) is 0 Å². The number of anilines is 3. The second-order valence-corrected chi connectivity index (χ2v) is 9.66. The summed E-state index contributed by atoms with van der Waals surface area (Å²) in [6.45, 7) is 11.0. The number of benzene rings is 1. The van der Waals surface area contributed by atoms with Crippen LogP contribution in [0.5, 0.6) is 0 Å². The van der Waals surface area contributed by atoms with Gasteiger partial charge in [0.2, 0.25) is 0 Å². The normalized spacial score (nSPS) is 16.3. The summed E-state index contributed by atoms with van der Waals surface area (Å²) in [4.78, 5) is 9.45. The summed E-state index contributed by atoms with van der Waals surface area (Å²) < 4.78 is 10.5. The van der Waals surface area contributed by atoms with Gasteiger partial charge in [0.05, 0.1) is 18.9 Å². The Morgan fingerprint density at radius 1 is 1.35 bits per heavy atom. The number of hydrogen-bond acceptors (Lipinski definition) is 6. The molecule has 2 heterocycles. The van der Waals surface area contributed by atoms with Gasteiger partial charge in [0.1, 0.15) is 11.6 Å². The first-order chi connectivity index (χ1) is 14.9. The van der Waals surface area contributed by atoms with Gasteiger partial charge in [-0.1, -0.05) is 48.8 Å². The molecule has 1 aromatic carbocycles. The number of rotatable bonds is 8. The topological polar surface area (TPSA) is 53.0 Å². The van der Waals surface area contributed by atoms with E-state index >= 15 is 0 Å². The molecule has 1 aliphatic rings. The molecule has 0 amide bonds. The molecule has 168 valence electrons. The van der Waals surface area contributed by atoms with Crippen molar-refractivity contribution in [3.8, 4) is 0 Å². The highest BCUT2D eigenvalue weighted by Gasteiger charge is 2.23. The summed E-state index contributed by atoms with van der Waals surface area (Å²) in [6.07, 6.45) is 6.28. The van der Waals surface area contributed by atoms with Gasteiger partial charge in [0.15, 0.2) is 5.82 Å². The first kappa shape index (κ1) is 23.3. The van der Waals surface area contributed by atoms with Gasteiger partial charge in [-0.15, -0.1) is 0 Å². The smallest absolute Gasteiger partial charge is 0.163 e. The van der Waals surface area contributed by atoms with Crippen molar-refractivity contribution in [1.82, 2.24) is 10.3 Å². The number of nitrogens with zero attached hydrogens (tertiary/aromatic N) is 4. The molecule has 0 bridgehead atoms. The van der Waals surface area contributed by atoms with Crippen LogP contribution in [0.4, 0.5) is 23.0 Å². The molecule has 1 fully saturated rings. The lowest BCUT2D eigenvalue weighted by Gasteiger charge is -2.36. The Morgan fingerprint density at radius 2 is 2.13 bits per heavy atom. The molecule has 6 nitrogen and oxygen atoms in total. The van der Waals surface area contributed by atoms with Crippen molar-refractivity contribution in [1.29, 1.82) is 0 Å². The molecule has 1 N–H and O–H groups in total. The second-order valence-electron chi connectivity index (χ2n) is 7.93. The minimum atomic E-state index is -0.112. The van der Waals surface area contributed by atoms with E-state index in [1.165, 1.54) is 5.56 Å². The molecule has 0 spiro atoms. The van der Waals surface area contributed by atoms with Crippen LogP contribution in [0.2, 0.25) is 0 Å². The Balaban J connectivity index is 2.17. The van der Waals surface area contributed by atoms with Crippen molar-refractivity contribution < 1.29 is 4.74 Å². The zero-order chi connectivity index (χ0) is 22.4. The van der Waals surface area contributed by atoms with Crippen LogP contribution >= 0.6 is 0 Å². The van der Waals surface area contributed by atoms with Crippen LogP contribution in [-0.4, -0.2) is 50.3 Å². The molecule has 0 radical (unpaired) electrons. The lowest BCUT2D eigenvalue weighted by molar-refractivity contribution is 0.0989. The maximum atomic E-state index is 5.66. The van der Waals surface area contributed by atoms with Crippen molar-refractivity contribution in [3.05, 3.63) is 54.4 Å². The molecule has 1 aliphatic heterocycles. The van der Waals surface area contributed by atoms with Crippen molar-refractivity contribution in [2.45, 2.75) is 32.7 Å². The summed E-state index contributed by atoms with van der Waals surface area (Å²) in [5.74, 6) is 2.35. The van der Waals surface area contributed by atoms with Gasteiger partial charge >= 0.3 is 0 Å². The average molecular weight is 442 g/mol. The van der Waals surface area contributed by atoms with Gasteiger partial charge in [0, 0.05) is 37.5 Å². The Labute approximate surface area is 189 Å². The van der Waals surface area contributed by atoms with Crippen LogP contribution < -0.4 is 15.1 Å². The molecule has 7 heteroatoms. The van der Waals surface area contributed by atoms with E-state index in [1.54, 1.807) is 0 Å². The van der Waals surface area contributed by atoms with Gasteiger partial charge in [-0.25, -0.2) is 9.35 Å². The maximum absolute atomic E-state index is 5.66. The lowest BCUT2D eigenvalue weighted by atomic mass is 10.1. The van der Waals surface area contributed by atoms with Gasteiger partial charge in [-0.3, -0.25) is 4.90 Å². The van der Waals surface area contributed by atoms with Crippen LogP contribution in [0.1, 0.15) is 25.8 Å². The predicted octanol–water partition coefficient (Wildman–Crippen LogP) is 4.78. The molecular formula is C24H35N5OS. The van der Waals surface area contributed by atoms with Crippen LogP contribution in [-0.2, 0) is 21.8 Å². The zero-order valence-electron chi connectivity index (χ0n) is 19.4. The molecule has 1 saturated heterocycles. The predicted molar refractivity (Wildman–Crippen MR) is 134 cm³/mol. The van der Waals surface area contributed by atoms with E-state index in [2.05, 4.69) is 84.5 Å². The number of para-hydroxylation sites is 1. The van der Waals surface area contributed by atoms with E-state index in [0.29, 0.717) is 6.04 Å². The third-order valence-corrected chi connectivity index (χ3v) is 5.85. The van der Waals surface area contributed by atoms with Crippen LogP contribution in [0.3, 0.4) is 0 Å². The minimum absolute atomic E-state index is 0.112. The monoisotopic (exact) mass is 441 g/mol. The average Bonchev–Trinajstić information content (AvgIpc) is 2.75. The van der Waals surface area contributed by atoms with Gasteiger partial charge < -0.3 is 15.0 Å². The third kappa shape index (κ3) is 5.66. The Bertz CT molecular complexity index is 941. The quantitative estimate of drug-likeness (QED) is 0.639. The minimum Gasteiger partial charge on any atom is -0.377 e. The number of aromatic nitrogens is 1. The summed E-state index contributed by atoms with van der Waals surface area (Å²) in [5, 5.41) is 3.23. The van der Waals surface area contributed by atoms with E-state index in [0.717, 1.165) is 61.4 Å². The summed E-state index contributed by atoms with van der Waals surface area (Å²) in [6, 6.07) is 13.0. The highest BCUT2D eigenvalue weighted by atomic mass is 32.2. The fourth-order valence-electron chi connectivity index (χ4n) is 3.84. The third-order valence-electron chi connectivity index (χ3n) is 5.30. The van der Waals surface area contributed by atoms with Crippen molar-refractivity contribution in [2.75, 3.05) is 49.1 Å². The van der Waals surface area contributed by atoms with E-state index in [9.17, 15) is 0 Å². The number of morpholine rings is 1. The fraction of sp³-hybridized carbons (Fsp3) is 0.458. The number of ether oxygens (including phenoxy) is 1. The van der Waals surface area contributed by atoms with Crippen molar-refractivity contribution >= 4 is 33.7 Å². The zero-order valence-corrected chi connectivity index (χ0v) is 20.2. The second kappa shape index (κ2) is 10.8. The molecule has 0 aliphatic carbocycles. The SMILES string of the molecule is C=C(NC)N(c1cc(N2CCOCC2C)cc(N=S(C)C)n1)c1ccccc1CCC. The molecule has 0 saturated carbocycles. The molecular weight excluding hydrogens is 406 g/mol. The molecule has 2 aromatic rings. The van der Waals surface area contributed by atoms with E-state index in [4.69, 9.17) is 14.1 Å². The van der Waals surface area contributed by atoms with Crippen LogP contribution in [0.25, 0.3) is 0 Å². The van der Waals surface area contributed by atoms with E-state index < -0.39 is 0 Å². The lowest BCUT2D eigenvalue weighted by Crippen LogP contribution is -2.43. The molecule has 31 heavy (non-hydrogen) atoms. The van der Waals surface area contributed by atoms with E-state index in [1.807, 2.05) is 7.05 Å². The Kier molecular flexibility index (Phi) is 8.09. The Morgan fingerprint density at radius 3 is 2.81 bits per heavy atom. The Hall–Kier alpha value is -2.38. The summed E-state index contributed by atoms with van der Waals surface area (Å²) in [5.41, 5.74) is 3.49. The maximum Gasteiger partial charge on any atom is 0.163 e. The number of hydrogen-bond donors (Lipinski definition) is 1. The molecule has 1 unspecified atom stereocenters. The standard InChI is InChI=1S/C24H35N5OS/c1-7-10-20-11-8-9-12-22(20)29(19(3)25-4)24-16-21(15-23(26-24)27-31(5)6)28-13-14-30-17-18(28)2/h8-9,11-12,15-16,18,25H,3,7,10,13-14,17H2,1-2,4-6H3. The fourth-order valence-corrected chi connectivity index (χ4v) is 4.31. The highest BCUT2D eigenvalue weighted by Crippen LogP contribution is 2.35. The first-order valence-electron chi connectivity index (χ1n) is 10.8. The van der Waals surface area contributed by atoms with Crippen molar-refractivity contribution in [3.63, 3.8) is 0 Å². The molecule has 1 atom stereocenters. The first-order valence-corrected chi connectivity index (χ1v) is 12.8. The van der Waals surface area contributed by atoms with Crippen molar-refractivity contribution in [2.24, 2.45) is 4.36 Å². The van der Waals surface area contributed by atoms with E-state index in [-0.39, 0.29) is 10.7 Å². The largest absolute Gasteiger partial charge is 0.377 e. The number of nitrogens with one attached hydrogen (secondary N) is 1. The van der Waals surface area contributed by atoms with Gasteiger partial charge in [-0.2, -0.15) is 0 Å². The molecule has 3 rings (SSSR count). The highest BCUT2D eigenvalue weighted by molar-refractivity contribution is 7.85. The summed E-state index contributed by atoms with van der Waals surface area (Å²) >= 11 is 0. The van der Waals surface area contributed by atoms with Crippen LogP contribution in [0.15, 0.2) is 53.2 Å². The van der Waals surface area contributed by atoms with Gasteiger partial charge in [0.25, 0.3) is 0 Å². The van der Waals surface area contributed by atoms with Gasteiger partial charge in [-0.05, 0) is 37.5 Å².